The van der Waals surface area contributed by atoms with Crippen molar-refractivity contribution in [1.82, 2.24) is 10.3 Å². The van der Waals surface area contributed by atoms with E-state index in [1.54, 1.807) is 6.20 Å². The summed E-state index contributed by atoms with van der Waals surface area (Å²) in [7, 11) is 0. The van der Waals surface area contributed by atoms with Crippen LogP contribution in [-0.4, -0.2) is 11.6 Å². The highest BCUT2D eigenvalue weighted by Gasteiger charge is 2.08. The normalized spacial score (nSPS) is 10.3. The molecule has 0 aliphatic carbocycles. The zero-order valence-electron chi connectivity index (χ0n) is 13.2. The van der Waals surface area contributed by atoms with Gasteiger partial charge in [-0.05, 0) is 35.4 Å². The quantitative estimate of drug-likeness (QED) is 0.730. The summed E-state index contributed by atoms with van der Waals surface area (Å²) >= 11 is 0. The Hall–Kier alpha value is -2.10. The number of pyridine rings is 1. The van der Waals surface area contributed by atoms with E-state index in [4.69, 9.17) is 4.74 Å². The number of fused-ring (bicyclic) bond motifs is 1. The lowest BCUT2D eigenvalue weighted by Crippen LogP contribution is -2.14. The molecule has 120 valence electrons. The Morgan fingerprint density at radius 1 is 1.00 bits per heavy atom. The Bertz CT molecular complexity index is 747. The van der Waals surface area contributed by atoms with Crippen molar-refractivity contribution < 1.29 is 4.74 Å². The topological polar surface area (TPSA) is 34.1 Å². The third kappa shape index (κ3) is 4.21. The molecule has 0 unspecified atom stereocenters. The Balaban J connectivity index is 0.00000192. The lowest BCUT2D eigenvalue weighted by atomic mass is 10.0. The van der Waals surface area contributed by atoms with Gasteiger partial charge in [-0.15, -0.1) is 12.4 Å². The van der Waals surface area contributed by atoms with Gasteiger partial charge in [0, 0.05) is 31.0 Å². The number of rotatable bonds is 6. The van der Waals surface area contributed by atoms with Crippen LogP contribution in [0.5, 0.6) is 5.75 Å². The molecule has 1 heterocycles. The highest BCUT2D eigenvalue weighted by molar-refractivity contribution is 5.87. The predicted octanol–water partition coefficient (Wildman–Crippen LogP) is 4.35. The first-order valence-corrected chi connectivity index (χ1v) is 7.61. The molecule has 0 atom stereocenters. The van der Waals surface area contributed by atoms with Gasteiger partial charge < -0.3 is 10.1 Å². The van der Waals surface area contributed by atoms with E-state index in [2.05, 4.69) is 52.8 Å². The van der Waals surface area contributed by atoms with E-state index in [1.165, 1.54) is 21.9 Å². The van der Waals surface area contributed by atoms with Gasteiger partial charge in [0.05, 0.1) is 6.61 Å². The fraction of sp³-hybridized carbons (Fsp3) is 0.211. The number of benzene rings is 2. The smallest absolute Gasteiger partial charge is 0.124 e. The first-order valence-electron chi connectivity index (χ1n) is 7.61. The van der Waals surface area contributed by atoms with Crippen molar-refractivity contribution in [2.45, 2.75) is 20.0 Å². The molecule has 0 aliphatic rings. The Morgan fingerprint density at radius 3 is 2.65 bits per heavy atom. The van der Waals surface area contributed by atoms with Gasteiger partial charge in [0.15, 0.2) is 0 Å². The monoisotopic (exact) mass is 328 g/mol. The van der Waals surface area contributed by atoms with Gasteiger partial charge in [0.1, 0.15) is 5.75 Å². The van der Waals surface area contributed by atoms with Crippen molar-refractivity contribution in [2.24, 2.45) is 0 Å². The van der Waals surface area contributed by atoms with Crippen molar-refractivity contribution in [2.75, 3.05) is 6.61 Å². The van der Waals surface area contributed by atoms with Crippen LogP contribution in [0.4, 0.5) is 0 Å². The average Bonchev–Trinajstić information content (AvgIpc) is 2.57. The summed E-state index contributed by atoms with van der Waals surface area (Å²) in [5, 5.41) is 5.97. The summed E-state index contributed by atoms with van der Waals surface area (Å²) in [5.41, 5.74) is 2.39. The standard InChI is InChI=1S/C19H20N2O.ClH/c1-2-22-19-10-9-16-7-3-4-8-17(16)18(19)14-21-13-15-6-5-11-20-12-15;/h3-12,21H,2,13-14H2,1H3;1H. The van der Waals surface area contributed by atoms with Crippen LogP contribution in [0.1, 0.15) is 18.1 Å². The minimum atomic E-state index is 0. The van der Waals surface area contributed by atoms with E-state index in [0.29, 0.717) is 6.61 Å². The van der Waals surface area contributed by atoms with Crippen LogP contribution in [0.25, 0.3) is 10.8 Å². The Labute approximate surface area is 143 Å². The molecule has 3 aromatic rings. The number of hydrogen-bond acceptors (Lipinski definition) is 3. The van der Waals surface area contributed by atoms with Crippen molar-refractivity contribution in [3.05, 3.63) is 72.1 Å². The number of hydrogen-bond donors (Lipinski definition) is 1. The van der Waals surface area contributed by atoms with Crippen molar-refractivity contribution >= 4 is 23.2 Å². The predicted molar refractivity (Wildman–Crippen MR) is 97.1 cm³/mol. The molecule has 1 aromatic heterocycles. The molecular formula is C19H21ClN2O. The van der Waals surface area contributed by atoms with Gasteiger partial charge >= 0.3 is 0 Å². The number of aromatic nitrogens is 1. The second-order valence-corrected chi connectivity index (χ2v) is 5.16. The first-order chi connectivity index (χ1) is 10.9. The molecule has 3 nitrogen and oxygen atoms in total. The highest BCUT2D eigenvalue weighted by Crippen LogP contribution is 2.28. The number of halogens is 1. The summed E-state index contributed by atoms with van der Waals surface area (Å²) in [6, 6.07) is 16.6. The van der Waals surface area contributed by atoms with Crippen LogP contribution in [0.2, 0.25) is 0 Å². The molecule has 0 fully saturated rings. The van der Waals surface area contributed by atoms with Crippen LogP contribution in [-0.2, 0) is 13.1 Å². The third-order valence-corrected chi connectivity index (χ3v) is 3.65. The molecule has 2 aromatic carbocycles. The lowest BCUT2D eigenvalue weighted by molar-refractivity contribution is 0.336. The fourth-order valence-electron chi connectivity index (χ4n) is 2.62. The molecule has 0 aliphatic heterocycles. The highest BCUT2D eigenvalue weighted by atomic mass is 35.5. The van der Waals surface area contributed by atoms with Crippen molar-refractivity contribution in [3.63, 3.8) is 0 Å². The van der Waals surface area contributed by atoms with Crippen LogP contribution >= 0.6 is 12.4 Å². The summed E-state index contributed by atoms with van der Waals surface area (Å²) in [5.74, 6) is 0.958. The average molecular weight is 329 g/mol. The second kappa shape index (κ2) is 8.51. The Kier molecular flexibility index (Phi) is 6.39. The largest absolute Gasteiger partial charge is 0.494 e. The molecule has 0 saturated heterocycles. The first kappa shape index (κ1) is 17.3. The van der Waals surface area contributed by atoms with E-state index in [9.17, 15) is 0 Å². The molecule has 3 rings (SSSR count). The van der Waals surface area contributed by atoms with Crippen molar-refractivity contribution in [1.29, 1.82) is 0 Å². The van der Waals surface area contributed by atoms with E-state index in [0.717, 1.165) is 18.8 Å². The molecule has 23 heavy (non-hydrogen) atoms. The minimum absolute atomic E-state index is 0. The second-order valence-electron chi connectivity index (χ2n) is 5.16. The van der Waals surface area contributed by atoms with Gasteiger partial charge in [0.25, 0.3) is 0 Å². The maximum Gasteiger partial charge on any atom is 0.124 e. The molecular weight excluding hydrogens is 308 g/mol. The van der Waals surface area contributed by atoms with Crippen LogP contribution in [0.3, 0.4) is 0 Å². The number of nitrogens with zero attached hydrogens (tertiary/aromatic N) is 1. The van der Waals surface area contributed by atoms with E-state index < -0.39 is 0 Å². The molecule has 0 spiro atoms. The molecule has 0 amide bonds. The SMILES string of the molecule is CCOc1ccc2ccccc2c1CNCc1cccnc1.Cl. The van der Waals surface area contributed by atoms with Gasteiger partial charge in [-0.1, -0.05) is 36.4 Å². The Morgan fingerprint density at radius 2 is 1.87 bits per heavy atom. The van der Waals surface area contributed by atoms with Crippen LogP contribution in [0, 0.1) is 0 Å². The van der Waals surface area contributed by atoms with Gasteiger partial charge in [0.2, 0.25) is 0 Å². The van der Waals surface area contributed by atoms with E-state index in [-0.39, 0.29) is 12.4 Å². The minimum Gasteiger partial charge on any atom is -0.494 e. The van der Waals surface area contributed by atoms with Crippen LogP contribution < -0.4 is 10.1 Å². The summed E-state index contributed by atoms with van der Waals surface area (Å²) < 4.78 is 5.80. The fourth-order valence-corrected chi connectivity index (χ4v) is 2.62. The molecule has 0 radical (unpaired) electrons. The van der Waals surface area contributed by atoms with Crippen molar-refractivity contribution in [3.8, 4) is 5.75 Å². The maximum absolute atomic E-state index is 5.80. The summed E-state index contributed by atoms with van der Waals surface area (Å²) in [4.78, 5) is 4.14. The van der Waals surface area contributed by atoms with Gasteiger partial charge in [-0.3, -0.25) is 4.98 Å². The number of nitrogens with one attached hydrogen (secondary N) is 1. The molecule has 4 heteroatoms. The van der Waals surface area contributed by atoms with Gasteiger partial charge in [-0.25, -0.2) is 0 Å². The van der Waals surface area contributed by atoms with E-state index in [1.807, 2.05) is 19.2 Å². The number of ether oxygens (including phenoxy) is 1. The zero-order chi connectivity index (χ0) is 15.2. The molecule has 0 bridgehead atoms. The van der Waals surface area contributed by atoms with Crippen LogP contribution in [0.15, 0.2) is 60.9 Å². The lowest BCUT2D eigenvalue weighted by Gasteiger charge is -2.14. The summed E-state index contributed by atoms with van der Waals surface area (Å²) in [6.07, 6.45) is 3.68. The van der Waals surface area contributed by atoms with Gasteiger partial charge in [-0.2, -0.15) is 0 Å². The summed E-state index contributed by atoms with van der Waals surface area (Å²) in [6.45, 7) is 4.25. The van der Waals surface area contributed by atoms with E-state index >= 15 is 0 Å². The molecule has 1 N–H and O–H groups in total. The molecule has 0 saturated carbocycles. The maximum atomic E-state index is 5.80. The zero-order valence-corrected chi connectivity index (χ0v) is 14.0. The third-order valence-electron chi connectivity index (χ3n) is 3.65.